The lowest BCUT2D eigenvalue weighted by Gasteiger charge is -2.34. The summed E-state index contributed by atoms with van der Waals surface area (Å²) in [6.07, 6.45) is 7.15. The van der Waals surface area contributed by atoms with Gasteiger partial charge in [0.25, 0.3) is 0 Å². The second kappa shape index (κ2) is 6.52. The number of rotatable bonds is 5. The summed E-state index contributed by atoms with van der Waals surface area (Å²) < 4.78 is 0. The molecule has 0 aliphatic heterocycles. The molecule has 1 aliphatic rings. The van der Waals surface area contributed by atoms with Crippen LogP contribution in [0.4, 0.5) is 0 Å². The van der Waals surface area contributed by atoms with E-state index in [2.05, 4.69) is 33.0 Å². The van der Waals surface area contributed by atoms with Crippen molar-refractivity contribution in [2.45, 2.75) is 65.8 Å². The Morgan fingerprint density at radius 3 is 2.20 bits per heavy atom. The van der Waals surface area contributed by atoms with Crippen molar-refractivity contribution in [3.05, 3.63) is 0 Å². The van der Waals surface area contributed by atoms with Gasteiger partial charge in [0.05, 0.1) is 0 Å². The first-order valence-electron chi connectivity index (χ1n) is 6.86. The second-order valence-electron chi connectivity index (χ2n) is 5.81. The van der Waals surface area contributed by atoms with Crippen LogP contribution in [-0.2, 0) is 0 Å². The molecule has 1 N–H and O–H groups in total. The van der Waals surface area contributed by atoms with Crippen LogP contribution in [0.25, 0.3) is 0 Å². The largest absolute Gasteiger partial charge is 0.314 e. The average molecular weight is 211 g/mol. The Morgan fingerprint density at radius 2 is 1.73 bits per heavy atom. The first-order chi connectivity index (χ1) is 7.13. The third-order valence-corrected chi connectivity index (χ3v) is 3.82. The van der Waals surface area contributed by atoms with Crippen LogP contribution in [0.3, 0.4) is 0 Å². The summed E-state index contributed by atoms with van der Waals surface area (Å²) >= 11 is 0. The van der Waals surface area contributed by atoms with Crippen LogP contribution in [0.15, 0.2) is 0 Å². The van der Waals surface area contributed by atoms with E-state index in [9.17, 15) is 0 Å². The third-order valence-electron chi connectivity index (χ3n) is 3.82. The molecule has 0 radical (unpaired) electrons. The molecule has 1 atom stereocenters. The Labute approximate surface area is 96.0 Å². The Hall–Kier alpha value is -0.0400. The average Bonchev–Trinajstić information content (AvgIpc) is 2.17. The highest BCUT2D eigenvalue weighted by atomic mass is 14.9. The SMILES string of the molecule is CCNC(CC(C)C)C1CCC(C)CC1. The Balaban J connectivity index is 2.40. The highest BCUT2D eigenvalue weighted by Crippen LogP contribution is 2.32. The maximum Gasteiger partial charge on any atom is 0.00976 e. The molecule has 0 spiro atoms. The molecule has 15 heavy (non-hydrogen) atoms. The zero-order chi connectivity index (χ0) is 11.3. The van der Waals surface area contributed by atoms with E-state index < -0.39 is 0 Å². The van der Waals surface area contributed by atoms with Gasteiger partial charge in [-0.2, -0.15) is 0 Å². The first-order valence-corrected chi connectivity index (χ1v) is 6.86. The minimum atomic E-state index is 0.780. The van der Waals surface area contributed by atoms with Crippen molar-refractivity contribution in [1.29, 1.82) is 0 Å². The van der Waals surface area contributed by atoms with Crippen LogP contribution in [0, 0.1) is 17.8 Å². The molecule has 1 unspecified atom stereocenters. The van der Waals surface area contributed by atoms with Crippen LogP contribution in [0.1, 0.15) is 59.8 Å². The summed E-state index contributed by atoms with van der Waals surface area (Å²) in [5.74, 6) is 2.75. The van der Waals surface area contributed by atoms with Gasteiger partial charge in [0.2, 0.25) is 0 Å². The summed E-state index contributed by atoms with van der Waals surface area (Å²) in [5, 5.41) is 3.70. The quantitative estimate of drug-likeness (QED) is 0.728. The van der Waals surface area contributed by atoms with E-state index in [-0.39, 0.29) is 0 Å². The van der Waals surface area contributed by atoms with Gasteiger partial charge in [-0.1, -0.05) is 40.5 Å². The first kappa shape index (κ1) is 13.0. The zero-order valence-corrected chi connectivity index (χ0v) is 11.1. The summed E-state index contributed by atoms with van der Waals surface area (Å²) in [6.45, 7) is 10.5. The standard InChI is InChI=1S/C14H29N/c1-5-15-14(10-11(2)3)13-8-6-12(4)7-9-13/h11-15H,5-10H2,1-4H3. The van der Waals surface area contributed by atoms with Crippen LogP contribution in [-0.4, -0.2) is 12.6 Å². The van der Waals surface area contributed by atoms with Crippen LogP contribution >= 0.6 is 0 Å². The van der Waals surface area contributed by atoms with Crippen LogP contribution in [0.2, 0.25) is 0 Å². The molecule has 1 saturated carbocycles. The van der Waals surface area contributed by atoms with Crippen molar-refractivity contribution in [3.63, 3.8) is 0 Å². The normalized spacial score (nSPS) is 29.4. The van der Waals surface area contributed by atoms with E-state index >= 15 is 0 Å². The second-order valence-corrected chi connectivity index (χ2v) is 5.81. The lowest BCUT2D eigenvalue weighted by molar-refractivity contribution is 0.212. The number of hydrogen-bond acceptors (Lipinski definition) is 1. The Morgan fingerprint density at radius 1 is 1.13 bits per heavy atom. The van der Waals surface area contributed by atoms with E-state index in [0.717, 1.165) is 30.3 Å². The molecule has 90 valence electrons. The van der Waals surface area contributed by atoms with E-state index in [1.807, 2.05) is 0 Å². The minimum Gasteiger partial charge on any atom is -0.314 e. The van der Waals surface area contributed by atoms with Crippen LogP contribution < -0.4 is 5.32 Å². The highest BCUT2D eigenvalue weighted by molar-refractivity contribution is 4.81. The lowest BCUT2D eigenvalue weighted by Crippen LogP contribution is -2.38. The molecule has 0 aromatic carbocycles. The third kappa shape index (κ3) is 4.55. The van der Waals surface area contributed by atoms with Crippen molar-refractivity contribution in [3.8, 4) is 0 Å². The predicted octanol–water partition coefficient (Wildman–Crippen LogP) is 3.84. The monoisotopic (exact) mass is 211 g/mol. The molecule has 1 rings (SSSR count). The lowest BCUT2D eigenvalue weighted by atomic mass is 9.77. The molecule has 0 aromatic heterocycles. The van der Waals surface area contributed by atoms with Gasteiger partial charge in [0.1, 0.15) is 0 Å². The van der Waals surface area contributed by atoms with Gasteiger partial charge in [-0.3, -0.25) is 0 Å². The molecule has 0 aromatic rings. The van der Waals surface area contributed by atoms with Gasteiger partial charge in [0.15, 0.2) is 0 Å². The van der Waals surface area contributed by atoms with E-state index in [0.29, 0.717) is 0 Å². The van der Waals surface area contributed by atoms with Crippen molar-refractivity contribution in [2.24, 2.45) is 17.8 Å². The predicted molar refractivity (Wildman–Crippen MR) is 68.0 cm³/mol. The Kier molecular flexibility index (Phi) is 5.66. The molecule has 1 aliphatic carbocycles. The summed E-state index contributed by atoms with van der Waals surface area (Å²) in [7, 11) is 0. The van der Waals surface area contributed by atoms with Crippen molar-refractivity contribution in [1.82, 2.24) is 5.32 Å². The highest BCUT2D eigenvalue weighted by Gasteiger charge is 2.25. The molecule has 1 nitrogen and oxygen atoms in total. The maximum atomic E-state index is 3.70. The Bertz CT molecular complexity index is 157. The molecule has 0 amide bonds. The van der Waals surface area contributed by atoms with Gasteiger partial charge < -0.3 is 5.32 Å². The summed E-state index contributed by atoms with van der Waals surface area (Å²) in [4.78, 5) is 0. The van der Waals surface area contributed by atoms with Gasteiger partial charge in [-0.05, 0) is 43.6 Å². The van der Waals surface area contributed by atoms with E-state index in [1.165, 1.54) is 32.1 Å². The molecule has 0 saturated heterocycles. The number of hydrogen-bond donors (Lipinski definition) is 1. The van der Waals surface area contributed by atoms with Crippen molar-refractivity contribution in [2.75, 3.05) is 6.54 Å². The van der Waals surface area contributed by atoms with Gasteiger partial charge in [-0.15, -0.1) is 0 Å². The van der Waals surface area contributed by atoms with Crippen molar-refractivity contribution < 1.29 is 0 Å². The molecule has 1 heteroatoms. The van der Waals surface area contributed by atoms with Crippen molar-refractivity contribution >= 4 is 0 Å². The zero-order valence-electron chi connectivity index (χ0n) is 11.1. The molecular formula is C14H29N. The fourth-order valence-electron chi connectivity index (χ4n) is 2.90. The molecule has 1 fully saturated rings. The summed E-state index contributed by atoms with van der Waals surface area (Å²) in [5.41, 5.74) is 0. The minimum absolute atomic E-state index is 0.780. The number of nitrogens with one attached hydrogen (secondary N) is 1. The maximum absolute atomic E-state index is 3.70. The van der Waals surface area contributed by atoms with E-state index in [4.69, 9.17) is 0 Å². The fraction of sp³-hybridized carbons (Fsp3) is 1.00. The summed E-state index contributed by atoms with van der Waals surface area (Å²) in [6, 6.07) is 0.780. The smallest absolute Gasteiger partial charge is 0.00976 e. The van der Waals surface area contributed by atoms with Crippen LogP contribution in [0.5, 0.6) is 0 Å². The molecule has 0 bridgehead atoms. The van der Waals surface area contributed by atoms with Gasteiger partial charge in [0, 0.05) is 6.04 Å². The molecule has 0 heterocycles. The van der Waals surface area contributed by atoms with Gasteiger partial charge >= 0.3 is 0 Å². The fourth-order valence-corrected chi connectivity index (χ4v) is 2.90. The van der Waals surface area contributed by atoms with Gasteiger partial charge in [-0.25, -0.2) is 0 Å². The van der Waals surface area contributed by atoms with E-state index in [1.54, 1.807) is 0 Å². The topological polar surface area (TPSA) is 12.0 Å². The molecular weight excluding hydrogens is 182 g/mol.